The van der Waals surface area contributed by atoms with Crippen LogP contribution in [0.5, 0.6) is 11.5 Å². The van der Waals surface area contributed by atoms with Gasteiger partial charge >= 0.3 is 5.69 Å². The van der Waals surface area contributed by atoms with Crippen molar-refractivity contribution in [2.24, 2.45) is 11.7 Å². The minimum absolute atomic E-state index is 0.00251. The molecule has 2 aromatic rings. The summed E-state index contributed by atoms with van der Waals surface area (Å²) in [5.41, 5.74) is 7.05. The average molecular weight is 495 g/mol. The Morgan fingerprint density at radius 2 is 1.86 bits per heavy atom. The van der Waals surface area contributed by atoms with E-state index in [0.29, 0.717) is 56.3 Å². The molecule has 7 N–H and O–H groups in total. The molecule has 0 radical (unpaired) electrons. The summed E-state index contributed by atoms with van der Waals surface area (Å²) in [5, 5.41) is 19.4. The summed E-state index contributed by atoms with van der Waals surface area (Å²) in [7, 11) is 0. The second-order valence-corrected chi connectivity index (χ2v) is 9.79. The van der Waals surface area contributed by atoms with Crippen LogP contribution in [0.2, 0.25) is 0 Å². The topological polar surface area (TPSA) is 159 Å². The van der Waals surface area contributed by atoms with Crippen LogP contribution in [0.3, 0.4) is 0 Å². The third-order valence-corrected chi connectivity index (χ3v) is 7.41. The molecule has 0 atom stereocenters. The van der Waals surface area contributed by atoms with E-state index in [-0.39, 0.29) is 29.5 Å². The van der Waals surface area contributed by atoms with E-state index < -0.39 is 0 Å². The van der Waals surface area contributed by atoms with Crippen molar-refractivity contribution in [1.29, 1.82) is 5.41 Å². The molecule has 3 heterocycles. The minimum Gasteiger partial charge on any atom is -0.450 e. The fraction of sp³-hybridized carbons (Fsp3) is 0.520. The molecule has 36 heavy (non-hydrogen) atoms. The zero-order valence-corrected chi connectivity index (χ0v) is 20.3. The maximum absolute atomic E-state index is 12.9. The summed E-state index contributed by atoms with van der Waals surface area (Å²) in [6, 6.07) is 6.22. The molecule has 192 valence electrons. The largest absolute Gasteiger partial charge is 0.450 e. The first kappa shape index (κ1) is 24.1. The van der Waals surface area contributed by atoms with Crippen molar-refractivity contribution < 1.29 is 9.53 Å². The molecule has 1 aliphatic carbocycles. The van der Waals surface area contributed by atoms with Crippen LogP contribution in [-0.2, 0) is 4.79 Å². The average Bonchev–Trinajstić information content (AvgIpc) is 2.90. The third-order valence-electron chi connectivity index (χ3n) is 7.41. The van der Waals surface area contributed by atoms with Gasteiger partial charge in [-0.05, 0) is 75.2 Å². The Labute approximate surface area is 209 Å². The molecule has 0 spiro atoms. The van der Waals surface area contributed by atoms with E-state index >= 15 is 0 Å². The maximum Gasteiger partial charge on any atom is 0.350 e. The molecule has 5 rings (SSSR count). The minimum atomic E-state index is -0.314. The predicted octanol–water partition coefficient (Wildman–Crippen LogP) is 1.89. The molecule has 1 aromatic heterocycles. The summed E-state index contributed by atoms with van der Waals surface area (Å²) in [4.78, 5) is 29.6. The van der Waals surface area contributed by atoms with Gasteiger partial charge in [0.1, 0.15) is 0 Å². The van der Waals surface area contributed by atoms with Gasteiger partial charge in [0.15, 0.2) is 23.3 Å². The first-order valence-electron chi connectivity index (χ1n) is 12.8. The number of benzene rings is 1. The number of fused-ring (bicyclic) bond motifs is 2. The first-order chi connectivity index (χ1) is 17.5. The summed E-state index contributed by atoms with van der Waals surface area (Å²) in [5.74, 6) is 2.04. The highest BCUT2D eigenvalue weighted by molar-refractivity contribution is 5.79. The fourth-order valence-corrected chi connectivity index (χ4v) is 5.41. The van der Waals surface area contributed by atoms with E-state index in [1.165, 1.54) is 5.56 Å². The zero-order chi connectivity index (χ0) is 25.1. The number of amides is 1. The number of rotatable bonds is 6. The van der Waals surface area contributed by atoms with Gasteiger partial charge < -0.3 is 31.7 Å². The summed E-state index contributed by atoms with van der Waals surface area (Å²) >= 11 is 0. The van der Waals surface area contributed by atoms with Crippen LogP contribution in [0.4, 0.5) is 11.5 Å². The van der Waals surface area contributed by atoms with Crippen LogP contribution in [0, 0.1) is 11.3 Å². The Balaban J connectivity index is 1.21. The molecule has 0 bridgehead atoms. The smallest absolute Gasteiger partial charge is 0.350 e. The Hall–Kier alpha value is -3.60. The first-order valence-corrected chi connectivity index (χ1v) is 12.8. The number of nitrogens with one attached hydrogen (secondary N) is 5. The number of nitrogens with zero attached hydrogens (tertiary/aromatic N) is 2. The van der Waals surface area contributed by atoms with Crippen molar-refractivity contribution in [1.82, 2.24) is 25.5 Å². The molecule has 0 unspecified atom stereocenters. The van der Waals surface area contributed by atoms with Crippen molar-refractivity contribution in [2.45, 2.75) is 50.5 Å². The van der Waals surface area contributed by atoms with Gasteiger partial charge in [-0.25, -0.2) is 4.79 Å². The van der Waals surface area contributed by atoms with E-state index in [4.69, 9.17) is 15.9 Å². The van der Waals surface area contributed by atoms with Crippen LogP contribution in [-0.4, -0.2) is 47.6 Å². The van der Waals surface area contributed by atoms with Gasteiger partial charge in [-0.2, -0.15) is 4.98 Å². The number of ether oxygens (including phenoxy) is 1. The number of hydrogen-bond acceptors (Lipinski definition) is 7. The SMILES string of the molecule is N=C(N)NCCNC(=O)[C@H]1CC[C@H](n2cc3c(nc2=O)Nc2cc(C4CCNCC4)ccc2O3)CC1. The van der Waals surface area contributed by atoms with E-state index in [0.717, 1.165) is 37.4 Å². The van der Waals surface area contributed by atoms with Gasteiger partial charge in [-0.3, -0.25) is 14.8 Å². The van der Waals surface area contributed by atoms with Crippen molar-refractivity contribution in [3.63, 3.8) is 0 Å². The zero-order valence-electron chi connectivity index (χ0n) is 20.3. The molecule has 2 fully saturated rings. The van der Waals surface area contributed by atoms with Gasteiger partial charge in [0.05, 0.1) is 11.9 Å². The van der Waals surface area contributed by atoms with Crippen LogP contribution >= 0.6 is 0 Å². The third kappa shape index (κ3) is 5.30. The van der Waals surface area contributed by atoms with Crippen molar-refractivity contribution in [3.05, 3.63) is 40.4 Å². The summed E-state index contributed by atoms with van der Waals surface area (Å²) in [6.45, 7) is 2.89. The van der Waals surface area contributed by atoms with Gasteiger partial charge in [0.25, 0.3) is 0 Å². The summed E-state index contributed by atoms with van der Waals surface area (Å²) in [6.07, 6.45) is 6.80. The molecule has 11 nitrogen and oxygen atoms in total. The fourth-order valence-electron chi connectivity index (χ4n) is 5.41. The predicted molar refractivity (Wildman–Crippen MR) is 137 cm³/mol. The number of anilines is 2. The lowest BCUT2D eigenvalue weighted by Gasteiger charge is -2.30. The van der Waals surface area contributed by atoms with E-state index in [1.807, 2.05) is 6.07 Å². The normalized spacial score (nSPS) is 21.3. The van der Waals surface area contributed by atoms with Gasteiger partial charge in [0.2, 0.25) is 5.91 Å². The molecular formula is C25H34N8O3. The number of nitrogens with two attached hydrogens (primary N) is 1. The van der Waals surface area contributed by atoms with Crippen LogP contribution < -0.4 is 37.4 Å². The van der Waals surface area contributed by atoms with Crippen molar-refractivity contribution >= 4 is 23.4 Å². The number of carbonyl (C=O) groups is 1. The van der Waals surface area contributed by atoms with Crippen LogP contribution in [0.25, 0.3) is 0 Å². The molecule has 3 aliphatic rings. The highest BCUT2D eigenvalue weighted by Gasteiger charge is 2.29. The number of aromatic nitrogens is 2. The van der Waals surface area contributed by atoms with Gasteiger partial charge in [-0.15, -0.1) is 0 Å². The molecule has 1 saturated carbocycles. The number of hydrogen-bond donors (Lipinski definition) is 6. The quantitative estimate of drug-likeness (QED) is 0.172. The monoisotopic (exact) mass is 494 g/mol. The number of guanidine groups is 1. The molecule has 1 amide bonds. The van der Waals surface area contributed by atoms with E-state index in [1.54, 1.807) is 10.8 Å². The van der Waals surface area contributed by atoms with Gasteiger partial charge in [-0.1, -0.05) is 6.07 Å². The highest BCUT2D eigenvalue weighted by Crippen LogP contribution is 2.43. The lowest BCUT2D eigenvalue weighted by Crippen LogP contribution is -2.40. The second-order valence-electron chi connectivity index (χ2n) is 9.79. The van der Waals surface area contributed by atoms with Gasteiger partial charge in [0, 0.05) is 25.0 Å². The molecule has 1 saturated heterocycles. The molecule has 1 aromatic carbocycles. The van der Waals surface area contributed by atoms with E-state index in [9.17, 15) is 9.59 Å². The Bertz CT molecular complexity index is 1180. The number of piperidine rings is 1. The Morgan fingerprint density at radius 3 is 2.61 bits per heavy atom. The summed E-state index contributed by atoms with van der Waals surface area (Å²) < 4.78 is 7.80. The highest BCUT2D eigenvalue weighted by atomic mass is 16.5. The van der Waals surface area contributed by atoms with Crippen molar-refractivity contribution in [2.75, 3.05) is 31.5 Å². The lowest BCUT2D eigenvalue weighted by molar-refractivity contribution is -0.126. The Kier molecular flexibility index (Phi) is 7.08. The molecule has 2 aliphatic heterocycles. The van der Waals surface area contributed by atoms with E-state index in [2.05, 4.69) is 38.4 Å². The lowest BCUT2D eigenvalue weighted by atomic mass is 9.85. The Morgan fingerprint density at radius 1 is 1.11 bits per heavy atom. The number of carbonyl (C=O) groups excluding carboxylic acids is 1. The van der Waals surface area contributed by atoms with Crippen LogP contribution in [0.15, 0.2) is 29.2 Å². The molecular weight excluding hydrogens is 460 g/mol. The second kappa shape index (κ2) is 10.6. The molecule has 11 heteroatoms. The van der Waals surface area contributed by atoms with Crippen LogP contribution in [0.1, 0.15) is 56.0 Å². The standard InChI is InChI=1S/C25H34N8O3/c26-24(27)30-12-11-29-23(34)16-1-4-18(5-2-16)33-14-21-22(32-25(33)35)31-19-13-17(3-6-20(19)36-21)15-7-9-28-10-8-15/h3,6,13-16,18,28H,1-2,4-5,7-12H2,(H,29,34)(H4,26,27,30)(H,31,32,35)/t16-,18-. The maximum atomic E-state index is 12.9. The van der Waals surface area contributed by atoms with Crippen molar-refractivity contribution in [3.8, 4) is 11.5 Å².